The van der Waals surface area contributed by atoms with Gasteiger partial charge < -0.3 is 19.9 Å². The van der Waals surface area contributed by atoms with Crippen LogP contribution in [0.3, 0.4) is 0 Å². The summed E-state index contributed by atoms with van der Waals surface area (Å²) in [5.41, 5.74) is 0.834. The summed E-state index contributed by atoms with van der Waals surface area (Å²) in [5.74, 6) is -0.932. The summed E-state index contributed by atoms with van der Waals surface area (Å²) >= 11 is 0. The normalized spacial score (nSPS) is 18.6. The predicted molar refractivity (Wildman–Crippen MR) is 128 cm³/mol. The average Bonchev–Trinajstić information content (AvgIpc) is 3.19. The van der Waals surface area contributed by atoms with Gasteiger partial charge in [-0.2, -0.15) is 5.10 Å². The minimum absolute atomic E-state index is 0.00808. The second-order valence-corrected chi connectivity index (χ2v) is 9.93. The Morgan fingerprint density at radius 3 is 2.65 bits per heavy atom. The van der Waals surface area contributed by atoms with Crippen molar-refractivity contribution in [1.82, 2.24) is 15.1 Å². The van der Waals surface area contributed by atoms with Gasteiger partial charge in [0.1, 0.15) is 13.2 Å². The van der Waals surface area contributed by atoms with E-state index < -0.39 is 5.97 Å². The first kappa shape index (κ1) is 25.3. The maximum atomic E-state index is 12.8. The minimum Gasteiger partial charge on any atom is -0.497 e. The molecule has 1 aliphatic rings. The Kier molecular flexibility index (Phi) is 8.73. The van der Waals surface area contributed by atoms with Crippen LogP contribution >= 0.6 is 0 Å². The van der Waals surface area contributed by atoms with Crippen molar-refractivity contribution in [3.63, 3.8) is 0 Å². The van der Waals surface area contributed by atoms with Crippen molar-refractivity contribution in [1.29, 1.82) is 0 Å². The summed E-state index contributed by atoms with van der Waals surface area (Å²) in [7, 11) is 0. The smallest absolute Gasteiger partial charge is 0.356 e. The molecular weight excluding hydrogens is 434 g/mol. The Hall–Kier alpha value is -3.29. The molecule has 3 rings (SSSR count). The van der Waals surface area contributed by atoms with Crippen molar-refractivity contribution >= 4 is 11.9 Å². The van der Waals surface area contributed by atoms with Crippen molar-refractivity contribution in [2.24, 2.45) is 11.3 Å². The van der Waals surface area contributed by atoms with Gasteiger partial charge in [-0.1, -0.05) is 63.9 Å². The molecule has 1 saturated carbocycles. The molecule has 34 heavy (non-hydrogen) atoms. The Morgan fingerprint density at radius 2 is 1.94 bits per heavy atom. The van der Waals surface area contributed by atoms with E-state index in [4.69, 9.17) is 9.47 Å². The monoisotopic (exact) mass is 469 g/mol. The SMILES string of the molecule is CC(C)(C)COc1cc(C(=O)O)nn1CC(=O)NC1CCCC[C@@H]1/C=C/OCc1ccccc1. The number of hydrogen-bond acceptors (Lipinski definition) is 5. The molecule has 1 aromatic heterocycles. The summed E-state index contributed by atoms with van der Waals surface area (Å²) in [4.78, 5) is 24.2. The van der Waals surface area contributed by atoms with Crippen LogP contribution < -0.4 is 10.1 Å². The standard InChI is InChI=1S/C26H35N3O5/c1-26(2,3)18-34-24-15-22(25(31)32)28-29(24)16-23(30)27-21-12-8-7-11-20(21)13-14-33-17-19-9-5-4-6-10-19/h4-6,9-10,13-15,20-21H,7-8,11-12,16-18H2,1-3H3,(H,27,30)(H,31,32)/b14-13+/t20-,21?/m1/s1. The van der Waals surface area contributed by atoms with E-state index in [0.29, 0.717) is 13.2 Å². The van der Waals surface area contributed by atoms with E-state index in [-0.39, 0.29) is 41.4 Å². The van der Waals surface area contributed by atoms with Crippen molar-refractivity contribution in [3.05, 3.63) is 60.0 Å². The van der Waals surface area contributed by atoms with E-state index in [1.807, 2.05) is 57.2 Å². The van der Waals surface area contributed by atoms with Crippen molar-refractivity contribution in [2.45, 2.75) is 65.6 Å². The molecule has 184 valence electrons. The topological polar surface area (TPSA) is 103 Å². The molecule has 1 unspecified atom stereocenters. The lowest BCUT2D eigenvalue weighted by molar-refractivity contribution is -0.123. The van der Waals surface area contributed by atoms with Gasteiger partial charge in [-0.15, -0.1) is 0 Å². The summed E-state index contributed by atoms with van der Waals surface area (Å²) in [6.45, 7) is 6.81. The number of ether oxygens (including phenoxy) is 2. The molecule has 1 aromatic carbocycles. The number of aromatic nitrogens is 2. The molecule has 2 N–H and O–H groups in total. The zero-order valence-electron chi connectivity index (χ0n) is 20.2. The van der Waals surface area contributed by atoms with Gasteiger partial charge in [-0.25, -0.2) is 9.48 Å². The number of carbonyl (C=O) groups excluding carboxylic acids is 1. The van der Waals surface area contributed by atoms with Crippen LogP contribution in [-0.4, -0.2) is 39.4 Å². The van der Waals surface area contributed by atoms with Crippen LogP contribution in [0.4, 0.5) is 0 Å². The number of amides is 1. The molecule has 0 spiro atoms. The van der Waals surface area contributed by atoms with Gasteiger partial charge in [-0.3, -0.25) is 4.79 Å². The van der Waals surface area contributed by atoms with E-state index in [0.717, 1.165) is 31.2 Å². The summed E-state index contributed by atoms with van der Waals surface area (Å²) in [6.07, 6.45) is 7.76. The highest BCUT2D eigenvalue weighted by molar-refractivity contribution is 5.85. The summed E-state index contributed by atoms with van der Waals surface area (Å²) < 4.78 is 12.8. The highest BCUT2D eigenvalue weighted by Crippen LogP contribution is 2.26. The molecule has 2 atom stereocenters. The van der Waals surface area contributed by atoms with Gasteiger partial charge in [0.05, 0.1) is 12.9 Å². The molecule has 2 aromatic rings. The van der Waals surface area contributed by atoms with Gasteiger partial charge in [0.25, 0.3) is 0 Å². The van der Waals surface area contributed by atoms with Crippen LogP contribution in [-0.2, 0) is 22.7 Å². The third-order valence-electron chi connectivity index (χ3n) is 5.59. The van der Waals surface area contributed by atoms with Crippen LogP contribution in [0.25, 0.3) is 0 Å². The van der Waals surface area contributed by atoms with Crippen LogP contribution in [0.2, 0.25) is 0 Å². The number of carboxylic acids is 1. The van der Waals surface area contributed by atoms with Crippen LogP contribution in [0.5, 0.6) is 5.88 Å². The van der Waals surface area contributed by atoms with Crippen molar-refractivity contribution in [2.75, 3.05) is 6.61 Å². The molecule has 8 nitrogen and oxygen atoms in total. The Morgan fingerprint density at radius 1 is 1.21 bits per heavy atom. The second-order valence-electron chi connectivity index (χ2n) is 9.93. The van der Waals surface area contributed by atoms with Gasteiger partial charge in [0.15, 0.2) is 5.69 Å². The highest BCUT2D eigenvalue weighted by atomic mass is 16.5. The third kappa shape index (κ3) is 7.93. The van der Waals surface area contributed by atoms with E-state index in [1.165, 1.54) is 10.7 Å². The van der Waals surface area contributed by atoms with Crippen LogP contribution in [0.15, 0.2) is 48.7 Å². The van der Waals surface area contributed by atoms with E-state index in [9.17, 15) is 14.7 Å². The van der Waals surface area contributed by atoms with E-state index in [2.05, 4.69) is 10.4 Å². The van der Waals surface area contributed by atoms with Crippen LogP contribution in [0, 0.1) is 11.3 Å². The number of nitrogens with one attached hydrogen (secondary N) is 1. The molecule has 8 heteroatoms. The van der Waals surface area contributed by atoms with Gasteiger partial charge in [0.2, 0.25) is 11.8 Å². The molecule has 0 saturated heterocycles. The molecular formula is C26H35N3O5. The molecule has 0 aliphatic heterocycles. The number of aromatic carboxylic acids is 1. The van der Waals surface area contributed by atoms with Crippen molar-refractivity contribution < 1.29 is 24.2 Å². The van der Waals surface area contributed by atoms with Gasteiger partial charge in [-0.05, 0) is 29.9 Å². The molecule has 0 bridgehead atoms. The number of carbonyl (C=O) groups is 2. The van der Waals surface area contributed by atoms with Crippen LogP contribution in [0.1, 0.15) is 62.5 Å². The number of hydrogen-bond donors (Lipinski definition) is 2. The number of nitrogens with zero attached hydrogens (tertiary/aromatic N) is 2. The lowest BCUT2D eigenvalue weighted by Gasteiger charge is -2.30. The fourth-order valence-electron chi connectivity index (χ4n) is 3.86. The lowest BCUT2D eigenvalue weighted by Crippen LogP contribution is -2.43. The quantitative estimate of drug-likeness (QED) is 0.500. The Labute approximate surface area is 200 Å². The second kappa shape index (κ2) is 11.7. The number of benzene rings is 1. The maximum absolute atomic E-state index is 12.8. The molecule has 1 fully saturated rings. The van der Waals surface area contributed by atoms with E-state index >= 15 is 0 Å². The maximum Gasteiger partial charge on any atom is 0.356 e. The first-order valence-electron chi connectivity index (χ1n) is 11.8. The summed E-state index contributed by atoms with van der Waals surface area (Å²) in [5, 5.41) is 16.5. The Bertz CT molecular complexity index is 978. The molecule has 1 aliphatic carbocycles. The lowest BCUT2D eigenvalue weighted by atomic mass is 9.84. The first-order valence-corrected chi connectivity index (χ1v) is 11.8. The summed E-state index contributed by atoms with van der Waals surface area (Å²) in [6, 6.07) is 11.3. The van der Waals surface area contributed by atoms with Gasteiger partial charge in [0, 0.05) is 18.0 Å². The number of rotatable bonds is 10. The predicted octanol–water partition coefficient (Wildman–Crippen LogP) is 4.41. The minimum atomic E-state index is -1.16. The largest absolute Gasteiger partial charge is 0.497 e. The van der Waals surface area contributed by atoms with E-state index in [1.54, 1.807) is 6.26 Å². The molecule has 0 radical (unpaired) electrons. The fourth-order valence-corrected chi connectivity index (χ4v) is 3.86. The average molecular weight is 470 g/mol. The fraction of sp³-hybridized carbons (Fsp3) is 0.500. The Balaban J connectivity index is 1.58. The number of carboxylic acid groups (broad SMARTS) is 1. The zero-order valence-corrected chi connectivity index (χ0v) is 20.2. The molecule has 1 amide bonds. The van der Waals surface area contributed by atoms with Gasteiger partial charge >= 0.3 is 5.97 Å². The zero-order chi connectivity index (χ0) is 24.6. The first-order chi connectivity index (χ1) is 16.2. The third-order valence-corrected chi connectivity index (χ3v) is 5.59. The highest BCUT2D eigenvalue weighted by Gasteiger charge is 2.26. The van der Waals surface area contributed by atoms with Crippen molar-refractivity contribution in [3.8, 4) is 5.88 Å². The molecule has 1 heterocycles.